The van der Waals surface area contributed by atoms with Crippen LogP contribution in [0.25, 0.3) is 0 Å². The van der Waals surface area contributed by atoms with E-state index in [2.05, 4.69) is 0 Å². The Morgan fingerprint density at radius 1 is 1.40 bits per heavy atom. The van der Waals surface area contributed by atoms with E-state index >= 15 is 0 Å². The molecule has 1 heterocycles. The molecule has 1 rings (SSSR count). The molecule has 2 N–H and O–H groups in total. The summed E-state index contributed by atoms with van der Waals surface area (Å²) in [6.07, 6.45) is -1.36. The summed E-state index contributed by atoms with van der Waals surface area (Å²) >= 11 is 0. The monoisotopic (exact) mass is 146 g/mol. The van der Waals surface area contributed by atoms with Crippen LogP contribution in [0.2, 0.25) is 0 Å². The lowest BCUT2D eigenvalue weighted by Crippen LogP contribution is -2.41. The highest BCUT2D eigenvalue weighted by atomic mass is 16.5. The van der Waals surface area contributed by atoms with Crippen molar-refractivity contribution in [2.75, 3.05) is 6.61 Å². The molecular formula is C6H10O4. The molecule has 1 aliphatic heterocycles. The van der Waals surface area contributed by atoms with Crippen LogP contribution >= 0.6 is 0 Å². The number of hydrogen-bond acceptors (Lipinski definition) is 4. The van der Waals surface area contributed by atoms with Gasteiger partial charge in [-0.3, -0.25) is 0 Å². The van der Waals surface area contributed by atoms with Crippen LogP contribution in [0.4, 0.5) is 0 Å². The average Bonchev–Trinajstić information content (AvgIpc) is 1.95. The summed E-state index contributed by atoms with van der Waals surface area (Å²) < 4.78 is 4.83. The number of ether oxygens (including phenoxy) is 1. The quantitative estimate of drug-likeness (QED) is 0.451. The zero-order valence-electron chi connectivity index (χ0n) is 5.43. The Morgan fingerprint density at radius 2 is 2.10 bits per heavy atom. The van der Waals surface area contributed by atoms with E-state index in [1.165, 1.54) is 0 Å². The summed E-state index contributed by atoms with van der Waals surface area (Å²) in [5.74, 6) is 0. The van der Waals surface area contributed by atoms with Crippen LogP contribution in [0.15, 0.2) is 0 Å². The maximum Gasteiger partial charge on any atom is 0.148 e. The van der Waals surface area contributed by atoms with Gasteiger partial charge in [0.1, 0.15) is 18.5 Å². The highest BCUT2D eigenvalue weighted by Crippen LogP contribution is 2.12. The van der Waals surface area contributed by atoms with Crippen molar-refractivity contribution in [2.45, 2.75) is 24.7 Å². The van der Waals surface area contributed by atoms with Gasteiger partial charge in [-0.05, 0) is 0 Å². The fraction of sp³-hybridized carbons (Fsp3) is 0.833. The number of aliphatic hydroxyl groups excluding tert-OH is 2. The van der Waals surface area contributed by atoms with Crippen LogP contribution in [-0.4, -0.2) is 41.4 Å². The minimum absolute atomic E-state index is 0.0462. The maximum absolute atomic E-state index is 10.1. The van der Waals surface area contributed by atoms with Crippen LogP contribution in [-0.2, 0) is 9.53 Å². The number of aldehydes is 1. The fourth-order valence-electron chi connectivity index (χ4n) is 0.891. The van der Waals surface area contributed by atoms with E-state index in [4.69, 9.17) is 14.9 Å². The van der Waals surface area contributed by atoms with Crippen LogP contribution in [0, 0.1) is 0 Å². The summed E-state index contributed by atoms with van der Waals surface area (Å²) in [6, 6.07) is 0. The SMILES string of the molecule is O=CC1CC(O)C(O)CO1. The van der Waals surface area contributed by atoms with E-state index in [1.54, 1.807) is 0 Å². The number of hydrogen-bond donors (Lipinski definition) is 2. The smallest absolute Gasteiger partial charge is 0.148 e. The van der Waals surface area contributed by atoms with Crippen molar-refractivity contribution in [3.05, 3.63) is 0 Å². The lowest BCUT2D eigenvalue weighted by atomic mass is 10.1. The van der Waals surface area contributed by atoms with Crippen LogP contribution in [0.3, 0.4) is 0 Å². The van der Waals surface area contributed by atoms with E-state index in [9.17, 15) is 4.79 Å². The van der Waals surface area contributed by atoms with E-state index < -0.39 is 18.3 Å². The minimum Gasteiger partial charge on any atom is -0.390 e. The van der Waals surface area contributed by atoms with E-state index in [-0.39, 0.29) is 13.0 Å². The molecule has 1 fully saturated rings. The standard InChI is InChI=1S/C6H10O4/c7-2-4-1-5(8)6(9)3-10-4/h2,4-6,8-9H,1,3H2. The molecule has 3 unspecified atom stereocenters. The first-order valence-electron chi connectivity index (χ1n) is 3.17. The van der Waals surface area contributed by atoms with Crippen LogP contribution in [0.5, 0.6) is 0 Å². The highest BCUT2D eigenvalue weighted by Gasteiger charge is 2.27. The number of rotatable bonds is 1. The second kappa shape index (κ2) is 3.09. The second-order valence-electron chi connectivity index (χ2n) is 2.38. The molecule has 0 aromatic heterocycles. The van der Waals surface area contributed by atoms with E-state index in [1.807, 2.05) is 0 Å². The molecule has 0 radical (unpaired) electrons. The number of aliphatic hydroxyl groups is 2. The molecule has 0 aliphatic carbocycles. The summed E-state index contributed by atoms with van der Waals surface area (Å²) in [4.78, 5) is 10.1. The molecule has 4 nitrogen and oxygen atoms in total. The Balaban J connectivity index is 2.40. The van der Waals surface area contributed by atoms with Gasteiger partial charge in [-0.1, -0.05) is 0 Å². The molecule has 0 aromatic carbocycles. The van der Waals surface area contributed by atoms with Gasteiger partial charge < -0.3 is 19.7 Å². The third kappa shape index (κ3) is 1.53. The van der Waals surface area contributed by atoms with Crippen LogP contribution < -0.4 is 0 Å². The molecular weight excluding hydrogens is 136 g/mol. The second-order valence-corrected chi connectivity index (χ2v) is 2.38. The lowest BCUT2D eigenvalue weighted by molar-refractivity contribution is -0.141. The van der Waals surface area contributed by atoms with Gasteiger partial charge in [0.15, 0.2) is 0 Å². The number of carbonyl (C=O) groups excluding carboxylic acids is 1. The van der Waals surface area contributed by atoms with Crippen molar-refractivity contribution in [3.63, 3.8) is 0 Å². The molecule has 4 heteroatoms. The van der Waals surface area contributed by atoms with Crippen molar-refractivity contribution < 1.29 is 19.7 Å². The van der Waals surface area contributed by atoms with Gasteiger partial charge >= 0.3 is 0 Å². The Hall–Kier alpha value is -0.450. The first-order valence-corrected chi connectivity index (χ1v) is 3.17. The molecule has 0 amide bonds. The molecule has 0 spiro atoms. The molecule has 1 saturated heterocycles. The summed E-state index contributed by atoms with van der Waals surface area (Å²) in [5.41, 5.74) is 0. The molecule has 3 atom stereocenters. The van der Waals surface area contributed by atoms with Crippen molar-refractivity contribution in [1.82, 2.24) is 0 Å². The zero-order valence-corrected chi connectivity index (χ0v) is 5.43. The Morgan fingerprint density at radius 3 is 2.60 bits per heavy atom. The van der Waals surface area contributed by atoms with Gasteiger partial charge in [0.05, 0.1) is 12.7 Å². The summed E-state index contributed by atoms with van der Waals surface area (Å²) in [6.45, 7) is 0.0462. The van der Waals surface area contributed by atoms with Gasteiger partial charge in [0.2, 0.25) is 0 Å². The van der Waals surface area contributed by atoms with Gasteiger partial charge in [-0.15, -0.1) is 0 Å². The molecule has 10 heavy (non-hydrogen) atoms. The topological polar surface area (TPSA) is 66.8 Å². The number of carbonyl (C=O) groups is 1. The Kier molecular flexibility index (Phi) is 2.37. The lowest BCUT2D eigenvalue weighted by Gasteiger charge is -2.27. The van der Waals surface area contributed by atoms with Crippen molar-refractivity contribution in [2.24, 2.45) is 0 Å². The largest absolute Gasteiger partial charge is 0.390 e. The average molecular weight is 146 g/mol. The summed E-state index contributed by atoms with van der Waals surface area (Å²) in [5, 5.41) is 17.9. The van der Waals surface area contributed by atoms with E-state index in [0.29, 0.717) is 6.29 Å². The predicted molar refractivity (Wildman–Crippen MR) is 32.4 cm³/mol. The minimum atomic E-state index is -0.837. The molecule has 0 aromatic rings. The molecule has 0 bridgehead atoms. The van der Waals surface area contributed by atoms with Crippen molar-refractivity contribution in [1.29, 1.82) is 0 Å². The maximum atomic E-state index is 10.1. The molecule has 0 saturated carbocycles. The highest BCUT2D eigenvalue weighted by molar-refractivity contribution is 5.56. The third-order valence-electron chi connectivity index (χ3n) is 1.55. The first kappa shape index (κ1) is 7.65. The fourth-order valence-corrected chi connectivity index (χ4v) is 0.891. The van der Waals surface area contributed by atoms with Crippen LogP contribution in [0.1, 0.15) is 6.42 Å². The predicted octanol–water partition coefficient (Wildman–Crippen LogP) is -1.30. The van der Waals surface area contributed by atoms with Gasteiger partial charge in [-0.25, -0.2) is 0 Å². The zero-order chi connectivity index (χ0) is 7.56. The van der Waals surface area contributed by atoms with Crippen molar-refractivity contribution in [3.8, 4) is 0 Å². The normalized spacial score (nSPS) is 41.2. The third-order valence-corrected chi connectivity index (χ3v) is 1.55. The van der Waals surface area contributed by atoms with Gasteiger partial charge in [0, 0.05) is 6.42 Å². The van der Waals surface area contributed by atoms with Crippen molar-refractivity contribution >= 4 is 6.29 Å². The van der Waals surface area contributed by atoms with E-state index in [0.717, 1.165) is 0 Å². The van der Waals surface area contributed by atoms with Gasteiger partial charge in [-0.2, -0.15) is 0 Å². The molecule has 58 valence electrons. The summed E-state index contributed by atoms with van der Waals surface area (Å²) in [7, 11) is 0. The Bertz CT molecular complexity index is 125. The molecule has 1 aliphatic rings. The first-order chi connectivity index (χ1) is 4.74. The Labute approximate surface area is 58.4 Å². The van der Waals surface area contributed by atoms with Gasteiger partial charge in [0.25, 0.3) is 0 Å².